The van der Waals surface area contributed by atoms with Gasteiger partial charge in [-0.1, -0.05) is 19.8 Å². The topological polar surface area (TPSA) is 32.3 Å². The molecule has 0 spiro atoms. The third-order valence-electron chi connectivity index (χ3n) is 2.21. The van der Waals surface area contributed by atoms with Crippen LogP contribution in [0.5, 0.6) is 0 Å². The van der Waals surface area contributed by atoms with Crippen molar-refractivity contribution in [2.75, 3.05) is 20.6 Å². The van der Waals surface area contributed by atoms with Gasteiger partial charge in [0.15, 0.2) is 0 Å². The smallest absolute Gasteiger partial charge is 0.216 e. The molecule has 0 aliphatic heterocycles. The molecule has 0 aromatic heterocycles. The molecule has 0 fully saturated rings. The van der Waals surface area contributed by atoms with Gasteiger partial charge in [-0.15, -0.1) is 0 Å². The molecular formula is C10H22N2O. The lowest BCUT2D eigenvalue weighted by atomic mass is 10.1. The van der Waals surface area contributed by atoms with E-state index >= 15 is 0 Å². The van der Waals surface area contributed by atoms with E-state index in [9.17, 15) is 4.79 Å². The van der Waals surface area contributed by atoms with Crippen molar-refractivity contribution in [1.82, 2.24) is 10.2 Å². The minimum atomic E-state index is 0.0587. The van der Waals surface area contributed by atoms with Gasteiger partial charge in [0.2, 0.25) is 5.91 Å². The zero-order valence-electron chi connectivity index (χ0n) is 9.26. The van der Waals surface area contributed by atoms with Crippen molar-refractivity contribution >= 4 is 5.91 Å². The van der Waals surface area contributed by atoms with E-state index in [2.05, 4.69) is 31.2 Å². The summed E-state index contributed by atoms with van der Waals surface area (Å²) in [7, 11) is 4.12. The lowest BCUT2D eigenvalue weighted by Crippen LogP contribution is -2.39. The molecule has 0 heterocycles. The first-order chi connectivity index (χ1) is 6.07. The largest absolute Gasteiger partial charge is 0.355 e. The highest BCUT2D eigenvalue weighted by molar-refractivity contribution is 5.72. The molecular weight excluding hydrogens is 164 g/mol. The standard InChI is InChI=1S/C10H22N2O/c1-5-6-7-10(12(3)4)8-11-9(2)13/h10H,5-8H2,1-4H3,(H,11,13)/t10-/m1/s1. The highest BCUT2D eigenvalue weighted by atomic mass is 16.1. The summed E-state index contributed by atoms with van der Waals surface area (Å²) in [4.78, 5) is 12.9. The van der Waals surface area contributed by atoms with Crippen molar-refractivity contribution in [3.8, 4) is 0 Å². The summed E-state index contributed by atoms with van der Waals surface area (Å²) in [6.07, 6.45) is 3.59. The summed E-state index contributed by atoms with van der Waals surface area (Å²) in [6.45, 7) is 4.51. The Morgan fingerprint density at radius 2 is 2.08 bits per heavy atom. The molecule has 0 radical (unpaired) electrons. The molecule has 1 atom stereocenters. The first-order valence-electron chi connectivity index (χ1n) is 4.98. The van der Waals surface area contributed by atoms with Gasteiger partial charge in [0.05, 0.1) is 0 Å². The summed E-state index contributed by atoms with van der Waals surface area (Å²) < 4.78 is 0. The zero-order valence-corrected chi connectivity index (χ0v) is 9.26. The summed E-state index contributed by atoms with van der Waals surface area (Å²) in [5.74, 6) is 0.0587. The van der Waals surface area contributed by atoms with Gasteiger partial charge in [0, 0.05) is 19.5 Å². The number of hydrogen-bond donors (Lipinski definition) is 1. The maximum Gasteiger partial charge on any atom is 0.216 e. The molecule has 0 unspecified atom stereocenters. The van der Waals surface area contributed by atoms with E-state index in [0.29, 0.717) is 6.04 Å². The molecule has 0 aliphatic rings. The second-order valence-electron chi connectivity index (χ2n) is 3.70. The second-order valence-corrected chi connectivity index (χ2v) is 3.70. The Morgan fingerprint density at radius 3 is 2.46 bits per heavy atom. The molecule has 78 valence electrons. The Hall–Kier alpha value is -0.570. The number of amides is 1. The fourth-order valence-electron chi connectivity index (χ4n) is 1.24. The Balaban J connectivity index is 3.73. The summed E-state index contributed by atoms with van der Waals surface area (Å²) >= 11 is 0. The van der Waals surface area contributed by atoms with Gasteiger partial charge in [-0.3, -0.25) is 4.79 Å². The lowest BCUT2D eigenvalue weighted by molar-refractivity contribution is -0.119. The van der Waals surface area contributed by atoms with E-state index in [0.717, 1.165) is 13.0 Å². The van der Waals surface area contributed by atoms with Gasteiger partial charge >= 0.3 is 0 Å². The van der Waals surface area contributed by atoms with Crippen molar-refractivity contribution in [3.05, 3.63) is 0 Å². The van der Waals surface area contributed by atoms with E-state index < -0.39 is 0 Å². The first kappa shape index (κ1) is 12.4. The van der Waals surface area contributed by atoms with E-state index in [-0.39, 0.29) is 5.91 Å². The molecule has 3 heteroatoms. The number of nitrogens with zero attached hydrogens (tertiary/aromatic N) is 1. The van der Waals surface area contributed by atoms with E-state index in [1.807, 2.05) is 0 Å². The van der Waals surface area contributed by atoms with E-state index in [1.165, 1.54) is 12.8 Å². The second kappa shape index (κ2) is 6.89. The van der Waals surface area contributed by atoms with Crippen LogP contribution in [0.4, 0.5) is 0 Å². The Bertz CT molecular complexity index is 146. The molecule has 0 saturated carbocycles. The number of unbranched alkanes of at least 4 members (excludes halogenated alkanes) is 1. The molecule has 13 heavy (non-hydrogen) atoms. The van der Waals surface area contributed by atoms with Crippen LogP contribution in [-0.4, -0.2) is 37.5 Å². The quantitative estimate of drug-likeness (QED) is 0.677. The van der Waals surface area contributed by atoms with Crippen LogP contribution in [-0.2, 0) is 4.79 Å². The van der Waals surface area contributed by atoms with Crippen LogP contribution in [0, 0.1) is 0 Å². The van der Waals surface area contributed by atoms with Crippen LogP contribution in [0.1, 0.15) is 33.1 Å². The van der Waals surface area contributed by atoms with Crippen molar-refractivity contribution in [1.29, 1.82) is 0 Å². The molecule has 0 saturated heterocycles. The third-order valence-corrected chi connectivity index (χ3v) is 2.21. The third kappa shape index (κ3) is 6.58. The SMILES string of the molecule is CCCC[C@H](CNC(C)=O)N(C)C. The van der Waals surface area contributed by atoms with Crippen molar-refractivity contribution in [2.45, 2.75) is 39.2 Å². The van der Waals surface area contributed by atoms with Crippen LogP contribution in [0.2, 0.25) is 0 Å². The minimum Gasteiger partial charge on any atom is -0.355 e. The van der Waals surface area contributed by atoms with Crippen LogP contribution >= 0.6 is 0 Å². The lowest BCUT2D eigenvalue weighted by Gasteiger charge is -2.24. The average Bonchev–Trinajstić information content (AvgIpc) is 2.03. The van der Waals surface area contributed by atoms with Crippen LogP contribution < -0.4 is 5.32 Å². The number of carbonyl (C=O) groups is 1. The Morgan fingerprint density at radius 1 is 1.46 bits per heavy atom. The van der Waals surface area contributed by atoms with Gasteiger partial charge in [-0.25, -0.2) is 0 Å². The number of nitrogens with one attached hydrogen (secondary N) is 1. The predicted octanol–water partition coefficient (Wildman–Crippen LogP) is 1.24. The highest BCUT2D eigenvalue weighted by Crippen LogP contribution is 2.04. The van der Waals surface area contributed by atoms with Crippen molar-refractivity contribution in [3.63, 3.8) is 0 Å². The molecule has 1 amide bonds. The van der Waals surface area contributed by atoms with E-state index in [4.69, 9.17) is 0 Å². The molecule has 0 aliphatic carbocycles. The van der Waals surface area contributed by atoms with Gasteiger partial charge in [0.1, 0.15) is 0 Å². The monoisotopic (exact) mass is 186 g/mol. The molecule has 0 bridgehead atoms. The fraction of sp³-hybridized carbons (Fsp3) is 0.900. The van der Waals surface area contributed by atoms with Crippen LogP contribution in [0.3, 0.4) is 0 Å². The Labute approximate surface area is 81.5 Å². The van der Waals surface area contributed by atoms with Gasteiger partial charge < -0.3 is 10.2 Å². The normalized spacial score (nSPS) is 13.0. The summed E-state index contributed by atoms with van der Waals surface area (Å²) in [5, 5.41) is 2.86. The highest BCUT2D eigenvalue weighted by Gasteiger charge is 2.10. The summed E-state index contributed by atoms with van der Waals surface area (Å²) in [6, 6.07) is 0.476. The fourth-order valence-corrected chi connectivity index (χ4v) is 1.24. The molecule has 0 aromatic carbocycles. The van der Waals surface area contributed by atoms with Crippen molar-refractivity contribution < 1.29 is 4.79 Å². The number of likely N-dealkylation sites (N-methyl/N-ethyl adjacent to an activating group) is 1. The first-order valence-corrected chi connectivity index (χ1v) is 4.98. The van der Waals surface area contributed by atoms with Gasteiger partial charge in [-0.05, 0) is 20.5 Å². The Kier molecular flexibility index (Phi) is 6.59. The molecule has 0 aromatic rings. The molecule has 0 rings (SSSR count). The van der Waals surface area contributed by atoms with Crippen molar-refractivity contribution in [2.24, 2.45) is 0 Å². The maximum absolute atomic E-state index is 10.7. The van der Waals surface area contributed by atoms with Crippen LogP contribution in [0.15, 0.2) is 0 Å². The van der Waals surface area contributed by atoms with Crippen LogP contribution in [0.25, 0.3) is 0 Å². The average molecular weight is 186 g/mol. The summed E-state index contributed by atoms with van der Waals surface area (Å²) in [5.41, 5.74) is 0. The maximum atomic E-state index is 10.7. The number of hydrogen-bond acceptors (Lipinski definition) is 2. The number of carbonyl (C=O) groups excluding carboxylic acids is 1. The van der Waals surface area contributed by atoms with Gasteiger partial charge in [-0.2, -0.15) is 0 Å². The van der Waals surface area contributed by atoms with Gasteiger partial charge in [0.25, 0.3) is 0 Å². The predicted molar refractivity (Wildman–Crippen MR) is 55.7 cm³/mol. The molecule has 3 nitrogen and oxygen atoms in total. The zero-order chi connectivity index (χ0) is 10.3. The number of rotatable bonds is 6. The molecule has 1 N–H and O–H groups in total. The van der Waals surface area contributed by atoms with E-state index in [1.54, 1.807) is 6.92 Å². The minimum absolute atomic E-state index is 0.0587.